The van der Waals surface area contributed by atoms with Gasteiger partial charge < -0.3 is 10.5 Å². The van der Waals surface area contributed by atoms with Crippen molar-refractivity contribution in [3.63, 3.8) is 0 Å². The Hall–Kier alpha value is -1.25. The molecule has 112 valence electrons. The lowest BCUT2D eigenvalue weighted by molar-refractivity contribution is 0.0913. The van der Waals surface area contributed by atoms with Gasteiger partial charge in [0.1, 0.15) is 10.8 Å². The van der Waals surface area contributed by atoms with E-state index in [0.29, 0.717) is 0 Å². The number of ether oxygens (including phenoxy) is 1. The van der Waals surface area contributed by atoms with Crippen molar-refractivity contribution in [3.05, 3.63) is 29.6 Å². The summed E-state index contributed by atoms with van der Waals surface area (Å²) in [5, 5.41) is 0. The zero-order chi connectivity index (χ0) is 15.3. The summed E-state index contributed by atoms with van der Waals surface area (Å²) in [4.78, 5) is -0.133. The van der Waals surface area contributed by atoms with Gasteiger partial charge >= 0.3 is 0 Å². The van der Waals surface area contributed by atoms with Crippen LogP contribution in [-0.2, 0) is 14.8 Å². The van der Waals surface area contributed by atoms with Crippen LogP contribution in [0, 0.1) is 5.82 Å². The Morgan fingerprint density at radius 2 is 2.15 bits per heavy atom. The predicted molar refractivity (Wildman–Crippen MR) is 80.8 cm³/mol. The summed E-state index contributed by atoms with van der Waals surface area (Å²) in [6.45, 7) is 3.71. The Balaban J connectivity index is 2.77. The summed E-state index contributed by atoms with van der Waals surface area (Å²) in [5.74, 6) is -0.783. The van der Waals surface area contributed by atoms with Crippen molar-refractivity contribution in [2.75, 3.05) is 17.1 Å². The van der Waals surface area contributed by atoms with Crippen molar-refractivity contribution >= 4 is 32.9 Å². The number of rotatable bonds is 7. The van der Waals surface area contributed by atoms with Crippen molar-refractivity contribution in [2.45, 2.75) is 20.0 Å². The summed E-state index contributed by atoms with van der Waals surface area (Å²) in [7, 11) is -3.57. The highest BCUT2D eigenvalue weighted by Crippen LogP contribution is 2.16. The molecular weight excluding hydrogens is 303 g/mol. The van der Waals surface area contributed by atoms with Crippen LogP contribution in [0.5, 0.6) is 0 Å². The predicted octanol–water partition coefficient (Wildman–Crippen LogP) is 1.63. The van der Waals surface area contributed by atoms with Crippen LogP contribution in [0.2, 0.25) is 0 Å². The molecule has 0 unspecified atom stereocenters. The van der Waals surface area contributed by atoms with Crippen molar-refractivity contribution < 1.29 is 17.5 Å². The van der Waals surface area contributed by atoms with Gasteiger partial charge in [0.2, 0.25) is 10.0 Å². The molecule has 0 atom stereocenters. The summed E-state index contributed by atoms with van der Waals surface area (Å²) in [5.41, 5.74) is 5.56. The van der Waals surface area contributed by atoms with Gasteiger partial charge in [-0.3, -0.25) is 4.72 Å². The first-order valence-electron chi connectivity index (χ1n) is 5.93. The first kappa shape index (κ1) is 16.8. The number of nitrogens with one attached hydrogen (secondary N) is 1. The highest BCUT2D eigenvalue weighted by molar-refractivity contribution is 7.92. The Kier molecular flexibility index (Phi) is 5.85. The monoisotopic (exact) mass is 320 g/mol. The topological polar surface area (TPSA) is 81.4 Å². The maximum absolute atomic E-state index is 13.4. The maximum Gasteiger partial charge on any atom is 0.235 e. The average molecular weight is 320 g/mol. The molecule has 0 bridgehead atoms. The molecule has 0 aliphatic carbocycles. The molecule has 1 aromatic rings. The molecule has 0 aliphatic heterocycles. The van der Waals surface area contributed by atoms with Gasteiger partial charge in [0.25, 0.3) is 0 Å². The molecule has 0 radical (unpaired) electrons. The maximum atomic E-state index is 13.4. The van der Waals surface area contributed by atoms with Crippen molar-refractivity contribution in [2.24, 2.45) is 5.73 Å². The molecule has 0 saturated carbocycles. The zero-order valence-electron chi connectivity index (χ0n) is 11.2. The summed E-state index contributed by atoms with van der Waals surface area (Å²) >= 11 is 4.69. The molecule has 0 fully saturated rings. The highest BCUT2D eigenvalue weighted by Gasteiger charge is 2.13. The quantitative estimate of drug-likeness (QED) is 0.746. The van der Waals surface area contributed by atoms with Crippen LogP contribution in [0.4, 0.5) is 10.1 Å². The lowest BCUT2D eigenvalue weighted by Crippen LogP contribution is -2.22. The van der Waals surface area contributed by atoms with Gasteiger partial charge in [0, 0.05) is 11.3 Å². The minimum atomic E-state index is -3.57. The lowest BCUT2D eigenvalue weighted by Gasteiger charge is -2.11. The Morgan fingerprint density at radius 3 is 2.70 bits per heavy atom. The second-order valence-electron chi connectivity index (χ2n) is 4.40. The van der Waals surface area contributed by atoms with E-state index < -0.39 is 15.8 Å². The third-order valence-electron chi connectivity index (χ3n) is 2.31. The van der Waals surface area contributed by atoms with E-state index in [2.05, 4.69) is 16.9 Å². The van der Waals surface area contributed by atoms with Gasteiger partial charge in [-0.2, -0.15) is 0 Å². The fourth-order valence-electron chi connectivity index (χ4n) is 1.40. The number of hydrogen-bond acceptors (Lipinski definition) is 4. The second kappa shape index (κ2) is 6.96. The third-order valence-corrected chi connectivity index (χ3v) is 3.78. The van der Waals surface area contributed by atoms with Gasteiger partial charge in [-0.25, -0.2) is 12.8 Å². The van der Waals surface area contributed by atoms with Gasteiger partial charge in [-0.1, -0.05) is 12.2 Å². The smallest absolute Gasteiger partial charge is 0.235 e. The Bertz CT molecular complexity index is 588. The van der Waals surface area contributed by atoms with Gasteiger partial charge in [0.15, 0.2) is 0 Å². The molecule has 3 N–H and O–H groups in total. The number of nitrogens with two attached hydrogens (primary N) is 1. The first-order valence-corrected chi connectivity index (χ1v) is 7.99. The SMILES string of the molecule is CC(C)OCCS(=O)(=O)Nc1ccc(F)c(C(N)=S)c1. The van der Waals surface area contributed by atoms with Crippen LogP contribution >= 0.6 is 12.2 Å². The molecule has 0 aromatic heterocycles. The lowest BCUT2D eigenvalue weighted by atomic mass is 10.2. The van der Waals surface area contributed by atoms with Crippen LogP contribution in [-0.4, -0.2) is 31.9 Å². The summed E-state index contributed by atoms with van der Waals surface area (Å²) in [6.07, 6.45) is -0.0442. The van der Waals surface area contributed by atoms with Crippen LogP contribution in [0.3, 0.4) is 0 Å². The molecule has 1 aromatic carbocycles. The first-order chi connectivity index (χ1) is 9.21. The number of benzene rings is 1. The van der Waals surface area contributed by atoms with E-state index >= 15 is 0 Å². The Labute approximate surface area is 123 Å². The second-order valence-corrected chi connectivity index (χ2v) is 6.68. The molecule has 0 heterocycles. The fraction of sp³-hybridized carbons (Fsp3) is 0.417. The molecule has 20 heavy (non-hydrogen) atoms. The molecule has 0 aliphatic rings. The molecule has 0 amide bonds. The van der Waals surface area contributed by atoms with E-state index in [4.69, 9.17) is 10.5 Å². The number of sulfonamides is 1. The third kappa shape index (κ3) is 5.40. The Morgan fingerprint density at radius 1 is 1.50 bits per heavy atom. The minimum absolute atomic E-state index is 0.00127. The molecule has 0 saturated heterocycles. The number of anilines is 1. The van der Waals surface area contributed by atoms with Crippen LogP contribution in [0.25, 0.3) is 0 Å². The van der Waals surface area contributed by atoms with Gasteiger partial charge in [-0.15, -0.1) is 0 Å². The van der Waals surface area contributed by atoms with E-state index in [1.165, 1.54) is 12.1 Å². The molecular formula is C12H17FN2O3S2. The van der Waals surface area contributed by atoms with E-state index in [0.717, 1.165) is 6.07 Å². The minimum Gasteiger partial charge on any atom is -0.389 e. The van der Waals surface area contributed by atoms with Gasteiger partial charge in [0.05, 0.1) is 18.5 Å². The van der Waals surface area contributed by atoms with Crippen LogP contribution < -0.4 is 10.5 Å². The van der Waals surface area contributed by atoms with E-state index in [1.54, 1.807) is 0 Å². The van der Waals surface area contributed by atoms with Crippen molar-refractivity contribution in [1.29, 1.82) is 0 Å². The molecule has 5 nitrogen and oxygen atoms in total. The van der Waals surface area contributed by atoms with Crippen molar-refractivity contribution in [3.8, 4) is 0 Å². The largest absolute Gasteiger partial charge is 0.389 e. The van der Waals surface area contributed by atoms with Crippen LogP contribution in [0.15, 0.2) is 18.2 Å². The fourth-order valence-corrected chi connectivity index (χ4v) is 2.46. The van der Waals surface area contributed by atoms with Crippen LogP contribution in [0.1, 0.15) is 19.4 Å². The molecule has 8 heteroatoms. The standard InChI is InChI=1S/C12H17FN2O3S2/c1-8(2)18-5-6-20(16,17)15-9-3-4-11(13)10(7-9)12(14)19/h3-4,7-8,15H,5-6H2,1-2H3,(H2,14,19). The van der Waals surface area contributed by atoms with E-state index in [1.807, 2.05) is 13.8 Å². The molecule has 1 rings (SSSR count). The van der Waals surface area contributed by atoms with Gasteiger partial charge in [-0.05, 0) is 32.0 Å². The number of hydrogen-bond donors (Lipinski definition) is 2. The van der Waals surface area contributed by atoms with E-state index in [9.17, 15) is 12.8 Å². The van der Waals surface area contributed by atoms with Crippen molar-refractivity contribution in [1.82, 2.24) is 0 Å². The summed E-state index contributed by atoms with van der Waals surface area (Å²) < 4.78 is 44.5. The molecule has 0 spiro atoms. The number of thiocarbonyl (C=S) groups is 1. The highest BCUT2D eigenvalue weighted by atomic mass is 32.2. The zero-order valence-corrected chi connectivity index (χ0v) is 12.9. The van der Waals surface area contributed by atoms with E-state index in [-0.39, 0.29) is 34.7 Å². The average Bonchev–Trinajstić information content (AvgIpc) is 2.30. The summed E-state index contributed by atoms with van der Waals surface area (Å²) in [6, 6.07) is 3.67. The number of halogens is 1. The normalized spacial score (nSPS) is 11.6.